The zero-order valence-corrected chi connectivity index (χ0v) is 10.7. The molecule has 1 aliphatic rings. The van der Waals surface area contributed by atoms with Crippen LogP contribution in [0.5, 0.6) is 0 Å². The highest BCUT2D eigenvalue weighted by atomic mass is 16.3. The molecule has 90 valence electrons. The van der Waals surface area contributed by atoms with E-state index in [0.29, 0.717) is 6.04 Å². The van der Waals surface area contributed by atoms with Gasteiger partial charge in [0, 0.05) is 19.1 Å². The lowest BCUT2D eigenvalue weighted by molar-refractivity contribution is 0.0505. The molecular formula is C13H27NO. The molecule has 0 aromatic rings. The van der Waals surface area contributed by atoms with Gasteiger partial charge in [-0.15, -0.1) is 0 Å². The van der Waals surface area contributed by atoms with E-state index in [9.17, 15) is 5.11 Å². The highest BCUT2D eigenvalue weighted by Crippen LogP contribution is 2.26. The molecule has 1 fully saturated rings. The van der Waals surface area contributed by atoms with Crippen molar-refractivity contribution in [3.05, 3.63) is 0 Å². The summed E-state index contributed by atoms with van der Waals surface area (Å²) in [4.78, 5) is 2.50. The number of aliphatic hydroxyl groups excluding tert-OH is 1. The van der Waals surface area contributed by atoms with E-state index >= 15 is 0 Å². The van der Waals surface area contributed by atoms with Crippen molar-refractivity contribution >= 4 is 0 Å². The minimum atomic E-state index is -0.127. The molecule has 0 radical (unpaired) electrons. The average Bonchev–Trinajstić information content (AvgIpc) is 2.48. The van der Waals surface area contributed by atoms with Crippen molar-refractivity contribution in [3.63, 3.8) is 0 Å². The van der Waals surface area contributed by atoms with Crippen LogP contribution in [0.15, 0.2) is 0 Å². The van der Waals surface area contributed by atoms with Crippen molar-refractivity contribution in [1.29, 1.82) is 0 Å². The first-order valence-electron chi connectivity index (χ1n) is 6.52. The van der Waals surface area contributed by atoms with Crippen LogP contribution in [0.3, 0.4) is 0 Å². The van der Waals surface area contributed by atoms with Gasteiger partial charge < -0.3 is 5.11 Å². The van der Waals surface area contributed by atoms with Gasteiger partial charge in [0.2, 0.25) is 0 Å². The molecule has 0 aromatic heterocycles. The fourth-order valence-electron chi connectivity index (χ4n) is 2.71. The first-order chi connectivity index (χ1) is 7.10. The van der Waals surface area contributed by atoms with Crippen molar-refractivity contribution in [2.75, 3.05) is 13.1 Å². The molecular weight excluding hydrogens is 186 g/mol. The minimum absolute atomic E-state index is 0.127. The van der Waals surface area contributed by atoms with Gasteiger partial charge in [-0.2, -0.15) is 0 Å². The van der Waals surface area contributed by atoms with E-state index in [1.54, 1.807) is 0 Å². The zero-order chi connectivity index (χ0) is 11.4. The highest BCUT2D eigenvalue weighted by molar-refractivity contribution is 4.86. The van der Waals surface area contributed by atoms with Gasteiger partial charge in [0.05, 0.1) is 6.10 Å². The summed E-state index contributed by atoms with van der Waals surface area (Å²) in [5, 5.41) is 10.1. The monoisotopic (exact) mass is 213 g/mol. The summed E-state index contributed by atoms with van der Waals surface area (Å²) in [5.41, 5.74) is 0. The molecule has 2 nitrogen and oxygen atoms in total. The summed E-state index contributed by atoms with van der Waals surface area (Å²) in [6.07, 6.45) is 2.96. The lowest BCUT2D eigenvalue weighted by atomic mass is 10.0. The van der Waals surface area contributed by atoms with E-state index in [4.69, 9.17) is 0 Å². The Morgan fingerprint density at radius 1 is 1.20 bits per heavy atom. The second-order valence-corrected chi connectivity index (χ2v) is 5.24. The van der Waals surface area contributed by atoms with Crippen LogP contribution in [0.4, 0.5) is 0 Å². The third kappa shape index (κ3) is 3.18. The Labute approximate surface area is 94.7 Å². The normalized spacial score (nSPS) is 31.8. The van der Waals surface area contributed by atoms with Gasteiger partial charge >= 0.3 is 0 Å². The predicted molar refractivity (Wildman–Crippen MR) is 64.9 cm³/mol. The first kappa shape index (κ1) is 13.0. The van der Waals surface area contributed by atoms with Crippen molar-refractivity contribution in [3.8, 4) is 0 Å². The number of nitrogens with zero attached hydrogens (tertiary/aromatic N) is 1. The second kappa shape index (κ2) is 5.86. The number of hydrogen-bond donors (Lipinski definition) is 1. The van der Waals surface area contributed by atoms with Crippen LogP contribution < -0.4 is 0 Å². The maximum atomic E-state index is 10.1. The molecule has 4 unspecified atom stereocenters. The highest BCUT2D eigenvalue weighted by Gasteiger charge is 2.32. The number of likely N-dealkylation sites (tertiary alicyclic amines) is 1. The lowest BCUT2D eigenvalue weighted by Crippen LogP contribution is -2.42. The molecule has 15 heavy (non-hydrogen) atoms. The Balaban J connectivity index is 2.52. The molecule has 0 aromatic carbocycles. The molecule has 2 heteroatoms. The van der Waals surface area contributed by atoms with Crippen LogP contribution in [0.2, 0.25) is 0 Å². The van der Waals surface area contributed by atoms with Crippen molar-refractivity contribution < 1.29 is 5.11 Å². The molecule has 0 aliphatic carbocycles. The average molecular weight is 213 g/mol. The smallest absolute Gasteiger partial charge is 0.0695 e. The molecule has 1 aliphatic heterocycles. The molecule has 1 rings (SSSR count). The van der Waals surface area contributed by atoms with Gasteiger partial charge in [-0.3, -0.25) is 4.90 Å². The Morgan fingerprint density at radius 2 is 1.73 bits per heavy atom. The molecule has 1 N–H and O–H groups in total. The molecule has 1 heterocycles. The Hall–Kier alpha value is -0.0800. The van der Waals surface area contributed by atoms with Crippen LogP contribution in [0.25, 0.3) is 0 Å². The van der Waals surface area contributed by atoms with E-state index in [-0.39, 0.29) is 6.10 Å². The maximum Gasteiger partial charge on any atom is 0.0695 e. The van der Waals surface area contributed by atoms with E-state index in [2.05, 4.69) is 32.6 Å². The SMILES string of the molecule is CCCC(O)C(CC)N1CC(C)C(C)C1. The minimum Gasteiger partial charge on any atom is -0.391 e. The molecule has 0 amide bonds. The zero-order valence-electron chi connectivity index (χ0n) is 10.7. The lowest BCUT2D eigenvalue weighted by Gasteiger charge is -2.31. The van der Waals surface area contributed by atoms with Crippen LogP contribution in [0, 0.1) is 11.8 Å². The standard InChI is InChI=1S/C13H27NO/c1-5-7-13(15)12(6-2)14-8-10(3)11(4)9-14/h10-13,15H,5-9H2,1-4H3. The van der Waals surface area contributed by atoms with Crippen LogP contribution in [-0.2, 0) is 0 Å². The summed E-state index contributed by atoms with van der Waals surface area (Å²) in [6, 6.07) is 0.386. The van der Waals surface area contributed by atoms with Gasteiger partial charge in [0.15, 0.2) is 0 Å². The summed E-state index contributed by atoms with van der Waals surface area (Å²) in [5.74, 6) is 1.57. The number of rotatable bonds is 5. The third-order valence-corrected chi connectivity index (χ3v) is 3.93. The second-order valence-electron chi connectivity index (χ2n) is 5.24. The molecule has 0 bridgehead atoms. The van der Waals surface area contributed by atoms with Gasteiger partial charge in [0.1, 0.15) is 0 Å². The Bertz CT molecular complexity index is 173. The van der Waals surface area contributed by atoms with Gasteiger partial charge in [-0.25, -0.2) is 0 Å². The molecule has 1 saturated heterocycles. The van der Waals surface area contributed by atoms with Crippen molar-refractivity contribution in [2.45, 2.75) is 59.1 Å². The molecule has 0 spiro atoms. The van der Waals surface area contributed by atoms with Crippen LogP contribution >= 0.6 is 0 Å². The third-order valence-electron chi connectivity index (χ3n) is 3.93. The van der Waals surface area contributed by atoms with Gasteiger partial charge in [0.25, 0.3) is 0 Å². The number of aliphatic hydroxyl groups is 1. The van der Waals surface area contributed by atoms with Gasteiger partial charge in [-0.1, -0.05) is 34.1 Å². The van der Waals surface area contributed by atoms with E-state index in [1.807, 2.05) is 0 Å². The van der Waals surface area contributed by atoms with Crippen LogP contribution in [0.1, 0.15) is 47.0 Å². The topological polar surface area (TPSA) is 23.5 Å². The molecule has 4 atom stereocenters. The number of hydrogen-bond acceptors (Lipinski definition) is 2. The first-order valence-corrected chi connectivity index (χ1v) is 6.52. The predicted octanol–water partition coefficient (Wildman–Crippen LogP) is 2.51. The summed E-state index contributed by atoms with van der Waals surface area (Å²) in [6.45, 7) is 11.3. The summed E-state index contributed by atoms with van der Waals surface area (Å²) < 4.78 is 0. The fourth-order valence-corrected chi connectivity index (χ4v) is 2.71. The van der Waals surface area contributed by atoms with Crippen molar-refractivity contribution in [1.82, 2.24) is 4.90 Å². The Morgan fingerprint density at radius 3 is 2.13 bits per heavy atom. The van der Waals surface area contributed by atoms with E-state index < -0.39 is 0 Å². The van der Waals surface area contributed by atoms with E-state index in [0.717, 1.165) is 31.1 Å². The largest absolute Gasteiger partial charge is 0.391 e. The fraction of sp³-hybridized carbons (Fsp3) is 1.00. The summed E-state index contributed by atoms with van der Waals surface area (Å²) >= 11 is 0. The van der Waals surface area contributed by atoms with Gasteiger partial charge in [-0.05, 0) is 24.7 Å². The quantitative estimate of drug-likeness (QED) is 0.758. The van der Waals surface area contributed by atoms with Crippen molar-refractivity contribution in [2.24, 2.45) is 11.8 Å². The van der Waals surface area contributed by atoms with Crippen LogP contribution in [-0.4, -0.2) is 35.2 Å². The summed E-state index contributed by atoms with van der Waals surface area (Å²) in [7, 11) is 0. The molecule has 0 saturated carbocycles. The maximum absolute atomic E-state index is 10.1. The Kier molecular flexibility index (Phi) is 5.07. The van der Waals surface area contributed by atoms with E-state index in [1.165, 1.54) is 13.1 Å².